The molecule has 0 atom stereocenters. The molecule has 0 spiro atoms. The van der Waals surface area contributed by atoms with E-state index in [1.165, 1.54) is 0 Å². The fourth-order valence-electron chi connectivity index (χ4n) is 1.82. The van der Waals surface area contributed by atoms with Gasteiger partial charge in [-0.15, -0.1) is 0 Å². The van der Waals surface area contributed by atoms with Gasteiger partial charge in [-0.1, -0.05) is 60.8 Å². The summed E-state index contributed by atoms with van der Waals surface area (Å²) in [6, 6.07) is 0. The quantitative estimate of drug-likeness (QED) is 0.133. The molecule has 0 aromatic carbocycles. The van der Waals surface area contributed by atoms with Gasteiger partial charge in [0, 0.05) is 17.8 Å². The van der Waals surface area contributed by atoms with Gasteiger partial charge in [-0.05, 0) is 38.5 Å². The summed E-state index contributed by atoms with van der Waals surface area (Å²) in [6.07, 6.45) is 28.4. The summed E-state index contributed by atoms with van der Waals surface area (Å²) in [4.78, 5) is 19.9. The highest BCUT2D eigenvalue weighted by Gasteiger charge is 1.89. The summed E-state index contributed by atoms with van der Waals surface area (Å²) in [7, 11) is 0. The van der Waals surface area contributed by atoms with Crippen molar-refractivity contribution < 1.29 is 9.72 Å². The molecule has 0 aromatic rings. The van der Waals surface area contributed by atoms with Crippen LogP contribution < -0.4 is 0 Å². The first kappa shape index (κ1) is 21.8. The number of hydrogen-bond donors (Lipinski definition) is 0. The van der Waals surface area contributed by atoms with Crippen LogP contribution in [0.3, 0.4) is 0 Å². The van der Waals surface area contributed by atoms with Crippen LogP contribution in [0.5, 0.6) is 0 Å². The first-order chi connectivity index (χ1) is 11.8. The number of nitro groups is 1. The summed E-state index contributed by atoms with van der Waals surface area (Å²) in [5.74, 6) is 0. The third-order valence-corrected chi connectivity index (χ3v) is 3.09. The molecule has 0 aromatic heterocycles. The molecular formula is C20H29NO3. The number of rotatable bonds is 15. The molecule has 24 heavy (non-hydrogen) atoms. The van der Waals surface area contributed by atoms with E-state index in [9.17, 15) is 14.9 Å². The Kier molecular flexibility index (Phi) is 17.1. The largest absolute Gasteiger partial charge is 0.303 e. The highest BCUT2D eigenvalue weighted by atomic mass is 16.6. The first-order valence-corrected chi connectivity index (χ1v) is 8.57. The highest BCUT2D eigenvalue weighted by molar-refractivity contribution is 5.49. The number of aldehydes is 1. The van der Waals surface area contributed by atoms with Gasteiger partial charge in [0.15, 0.2) is 0 Å². The number of carbonyl (C=O) groups excluding carboxylic acids is 1. The molecule has 0 aliphatic rings. The number of unbranched alkanes of at least 4 members (excludes halogenated alkanes) is 2. The lowest BCUT2D eigenvalue weighted by Crippen LogP contribution is -1.97. The summed E-state index contributed by atoms with van der Waals surface area (Å²) in [5, 5.41) is 10.1. The number of hydrogen-bond acceptors (Lipinski definition) is 3. The van der Waals surface area contributed by atoms with E-state index >= 15 is 0 Å². The van der Waals surface area contributed by atoms with Gasteiger partial charge in [-0.25, -0.2) is 0 Å². The Morgan fingerprint density at radius 2 is 1.04 bits per heavy atom. The van der Waals surface area contributed by atoms with Crippen LogP contribution in [-0.4, -0.2) is 17.8 Å². The predicted molar refractivity (Wildman–Crippen MR) is 101 cm³/mol. The van der Waals surface area contributed by atoms with Gasteiger partial charge in [0.25, 0.3) is 0 Å². The van der Waals surface area contributed by atoms with Crippen molar-refractivity contribution in [2.24, 2.45) is 0 Å². The number of allylic oxidation sites excluding steroid dienone is 9. The molecule has 0 heterocycles. The normalized spacial score (nSPS) is 12.5. The standard InChI is InChI=1S/C20H29NO3/c22-20-18-16-14-12-10-8-6-4-2-1-3-5-7-9-11-13-15-17-19-21(23)24/h1,3-4,6-7,9-10,12-13,15,20H,2,5,8,11,14,16-19H2. The molecule has 0 saturated heterocycles. The minimum Gasteiger partial charge on any atom is -0.303 e. The van der Waals surface area contributed by atoms with Gasteiger partial charge in [0.1, 0.15) is 6.29 Å². The summed E-state index contributed by atoms with van der Waals surface area (Å²) in [6.45, 7) is 0.00638. The van der Waals surface area contributed by atoms with Crippen LogP contribution in [-0.2, 0) is 4.79 Å². The fourth-order valence-corrected chi connectivity index (χ4v) is 1.82. The van der Waals surface area contributed by atoms with Crippen LogP contribution in [0.4, 0.5) is 0 Å². The number of nitrogens with zero attached hydrogens (tertiary/aromatic N) is 1. The second-order valence-electron chi connectivity index (χ2n) is 5.24. The van der Waals surface area contributed by atoms with Crippen LogP contribution in [0.2, 0.25) is 0 Å². The minimum atomic E-state index is -0.300. The average molecular weight is 331 g/mol. The van der Waals surface area contributed by atoms with Crippen LogP contribution in [0.15, 0.2) is 60.8 Å². The molecule has 0 bridgehead atoms. The van der Waals surface area contributed by atoms with Crippen LogP contribution in [0.1, 0.15) is 51.4 Å². The average Bonchev–Trinajstić information content (AvgIpc) is 2.56. The maximum Gasteiger partial charge on any atom is 0.207 e. The van der Waals surface area contributed by atoms with Gasteiger partial charge in [0.05, 0.1) is 0 Å². The molecule has 0 amide bonds. The SMILES string of the molecule is O=CCCCC=CCC=CCC=CCC=CCC=CCC[N+](=O)[O-]. The van der Waals surface area contributed by atoms with E-state index in [1.807, 2.05) is 12.2 Å². The van der Waals surface area contributed by atoms with Crippen molar-refractivity contribution in [3.63, 3.8) is 0 Å². The molecule has 0 radical (unpaired) electrons. The maximum atomic E-state index is 10.1. The van der Waals surface area contributed by atoms with E-state index in [0.29, 0.717) is 12.8 Å². The van der Waals surface area contributed by atoms with Gasteiger partial charge in [-0.3, -0.25) is 10.1 Å². The van der Waals surface area contributed by atoms with Crippen molar-refractivity contribution in [3.8, 4) is 0 Å². The van der Waals surface area contributed by atoms with Crippen molar-refractivity contribution in [2.45, 2.75) is 51.4 Å². The molecule has 0 fully saturated rings. The van der Waals surface area contributed by atoms with E-state index in [2.05, 4.69) is 48.6 Å². The van der Waals surface area contributed by atoms with E-state index in [4.69, 9.17) is 0 Å². The monoisotopic (exact) mass is 331 g/mol. The molecule has 4 heteroatoms. The Hall–Kier alpha value is -2.23. The second kappa shape index (κ2) is 18.8. The zero-order valence-electron chi connectivity index (χ0n) is 14.4. The molecule has 132 valence electrons. The summed E-state index contributed by atoms with van der Waals surface area (Å²) < 4.78 is 0. The third-order valence-electron chi connectivity index (χ3n) is 3.09. The highest BCUT2D eigenvalue weighted by Crippen LogP contribution is 1.98. The molecule has 0 aliphatic heterocycles. The molecule has 4 nitrogen and oxygen atoms in total. The zero-order valence-corrected chi connectivity index (χ0v) is 14.4. The molecule has 0 saturated carbocycles. The molecular weight excluding hydrogens is 302 g/mol. The molecule has 0 rings (SSSR count). The Balaban J connectivity index is 3.48. The van der Waals surface area contributed by atoms with Crippen molar-refractivity contribution in [2.75, 3.05) is 6.54 Å². The van der Waals surface area contributed by atoms with Crippen molar-refractivity contribution >= 4 is 6.29 Å². The Labute approximate surface area is 145 Å². The van der Waals surface area contributed by atoms with Crippen LogP contribution in [0, 0.1) is 10.1 Å². The lowest BCUT2D eigenvalue weighted by molar-refractivity contribution is -0.478. The number of carbonyl (C=O) groups is 1. The predicted octanol–water partition coefficient (Wildman–Crippen LogP) is 5.36. The van der Waals surface area contributed by atoms with E-state index in [0.717, 1.165) is 44.8 Å². The van der Waals surface area contributed by atoms with Crippen molar-refractivity contribution in [1.29, 1.82) is 0 Å². The maximum absolute atomic E-state index is 10.1. The van der Waals surface area contributed by atoms with Gasteiger partial charge >= 0.3 is 0 Å². The van der Waals surface area contributed by atoms with Gasteiger partial charge < -0.3 is 4.79 Å². The first-order valence-electron chi connectivity index (χ1n) is 8.57. The van der Waals surface area contributed by atoms with Crippen LogP contribution in [0.25, 0.3) is 0 Å². The minimum absolute atomic E-state index is 0.00638. The second-order valence-corrected chi connectivity index (χ2v) is 5.24. The zero-order chi connectivity index (χ0) is 17.7. The van der Waals surface area contributed by atoms with Gasteiger partial charge in [0.2, 0.25) is 6.54 Å². The smallest absolute Gasteiger partial charge is 0.207 e. The Bertz CT molecular complexity index is 460. The lowest BCUT2D eigenvalue weighted by atomic mass is 10.2. The molecule has 0 N–H and O–H groups in total. The third kappa shape index (κ3) is 19.8. The molecule has 0 aliphatic carbocycles. The van der Waals surface area contributed by atoms with Gasteiger partial charge in [-0.2, -0.15) is 0 Å². The van der Waals surface area contributed by atoms with Crippen molar-refractivity contribution in [3.05, 3.63) is 70.9 Å². The topological polar surface area (TPSA) is 60.2 Å². The lowest BCUT2D eigenvalue weighted by Gasteiger charge is -1.87. The Morgan fingerprint density at radius 1 is 0.625 bits per heavy atom. The van der Waals surface area contributed by atoms with Crippen molar-refractivity contribution in [1.82, 2.24) is 0 Å². The summed E-state index contributed by atoms with van der Waals surface area (Å²) >= 11 is 0. The fraction of sp³-hybridized carbons (Fsp3) is 0.450. The Morgan fingerprint density at radius 3 is 1.46 bits per heavy atom. The summed E-state index contributed by atoms with van der Waals surface area (Å²) in [5.41, 5.74) is 0. The van der Waals surface area contributed by atoms with E-state index in [1.54, 1.807) is 0 Å². The van der Waals surface area contributed by atoms with E-state index in [-0.39, 0.29) is 11.5 Å². The molecule has 0 unspecified atom stereocenters. The van der Waals surface area contributed by atoms with Crippen LogP contribution >= 0.6 is 0 Å². The van der Waals surface area contributed by atoms with E-state index < -0.39 is 0 Å².